The Balaban J connectivity index is 1.62. The van der Waals surface area contributed by atoms with E-state index in [9.17, 15) is 14.0 Å². The minimum atomic E-state index is -0.347. The molecule has 0 saturated heterocycles. The maximum atomic E-state index is 13.4. The zero-order valence-electron chi connectivity index (χ0n) is 14.4. The Morgan fingerprint density at radius 3 is 2.57 bits per heavy atom. The van der Waals surface area contributed by atoms with E-state index in [0.29, 0.717) is 33.4 Å². The highest BCUT2D eigenvalue weighted by Gasteiger charge is 2.11. The third-order valence-electron chi connectivity index (χ3n) is 4.02. The predicted octanol–water partition coefficient (Wildman–Crippen LogP) is 6.41. The first-order chi connectivity index (χ1) is 13.6. The molecule has 0 atom stereocenters. The number of allylic oxidation sites excluding steroid dienone is 1. The Kier molecular flexibility index (Phi) is 4.83. The maximum Gasteiger partial charge on any atom is 0.134 e. The normalized spacial score (nSPS) is 11.4. The number of halogens is 2. The van der Waals surface area contributed by atoms with E-state index in [-0.39, 0.29) is 11.6 Å². The van der Waals surface area contributed by atoms with Crippen molar-refractivity contribution in [2.45, 2.75) is 0 Å². The lowest BCUT2D eigenvalue weighted by Gasteiger charge is -1.97. The van der Waals surface area contributed by atoms with Crippen molar-refractivity contribution in [1.82, 2.24) is 4.98 Å². The average molecular weight is 390 g/mol. The molecule has 2 aromatic heterocycles. The largest absolute Gasteiger partial charge is 0.457 e. The number of nitrogens with zero attached hydrogens (tertiary/aromatic N) is 2. The lowest BCUT2D eigenvalue weighted by molar-refractivity contribution is 0.570. The molecule has 6 heteroatoms. The molecule has 2 heterocycles. The quantitative estimate of drug-likeness (QED) is 0.378. The highest BCUT2D eigenvalue weighted by molar-refractivity contribution is 7.11. The van der Waals surface area contributed by atoms with Crippen molar-refractivity contribution in [3.05, 3.63) is 88.4 Å². The number of rotatable bonds is 4. The lowest BCUT2D eigenvalue weighted by Crippen LogP contribution is -1.83. The van der Waals surface area contributed by atoms with E-state index in [1.807, 2.05) is 5.38 Å². The van der Waals surface area contributed by atoms with E-state index in [0.717, 1.165) is 5.56 Å². The summed E-state index contributed by atoms with van der Waals surface area (Å²) >= 11 is 1.32. The Morgan fingerprint density at radius 1 is 1.00 bits per heavy atom. The van der Waals surface area contributed by atoms with Gasteiger partial charge in [-0.1, -0.05) is 12.1 Å². The fraction of sp³-hybridized carbons (Fsp3) is 0. The van der Waals surface area contributed by atoms with Gasteiger partial charge in [0, 0.05) is 22.6 Å². The van der Waals surface area contributed by atoms with Crippen LogP contribution in [0.2, 0.25) is 0 Å². The smallest absolute Gasteiger partial charge is 0.134 e. The second kappa shape index (κ2) is 7.59. The van der Waals surface area contributed by atoms with Gasteiger partial charge < -0.3 is 4.42 Å². The number of furan rings is 1. The van der Waals surface area contributed by atoms with Crippen molar-refractivity contribution < 1.29 is 13.2 Å². The molecule has 0 fully saturated rings. The molecule has 0 saturated carbocycles. The van der Waals surface area contributed by atoms with Gasteiger partial charge in [0.2, 0.25) is 0 Å². The highest BCUT2D eigenvalue weighted by Crippen LogP contribution is 2.29. The van der Waals surface area contributed by atoms with Gasteiger partial charge >= 0.3 is 0 Å². The van der Waals surface area contributed by atoms with Gasteiger partial charge in [0.25, 0.3) is 0 Å². The monoisotopic (exact) mass is 390 g/mol. The molecule has 2 aromatic carbocycles. The van der Waals surface area contributed by atoms with Crippen LogP contribution in [0.4, 0.5) is 8.78 Å². The molecule has 3 nitrogen and oxygen atoms in total. The van der Waals surface area contributed by atoms with Gasteiger partial charge in [-0.15, -0.1) is 11.3 Å². The van der Waals surface area contributed by atoms with Crippen LogP contribution in [0.15, 0.2) is 70.5 Å². The van der Waals surface area contributed by atoms with Gasteiger partial charge in [0.05, 0.1) is 11.3 Å². The third-order valence-corrected chi connectivity index (χ3v) is 4.89. The Bertz CT molecular complexity index is 1200. The first-order valence-electron chi connectivity index (χ1n) is 8.32. The van der Waals surface area contributed by atoms with Crippen molar-refractivity contribution in [2.24, 2.45) is 0 Å². The second-order valence-electron chi connectivity index (χ2n) is 5.93. The molecule has 28 heavy (non-hydrogen) atoms. The molecular formula is C22H12F2N2OS. The number of hydrogen-bond donors (Lipinski definition) is 0. The topological polar surface area (TPSA) is 49.8 Å². The summed E-state index contributed by atoms with van der Waals surface area (Å²) in [7, 11) is 0. The molecule has 0 aliphatic heterocycles. The van der Waals surface area contributed by atoms with Gasteiger partial charge in [-0.3, -0.25) is 0 Å². The number of aromatic nitrogens is 1. The molecule has 0 spiro atoms. The SMILES string of the molecule is N#C/C(=C\c1ccc(-c2cccc(F)c2)o1)c1nc(-c2ccc(F)cc2)cs1. The lowest BCUT2D eigenvalue weighted by atomic mass is 10.2. The summed E-state index contributed by atoms with van der Waals surface area (Å²) in [6.45, 7) is 0. The summed E-state index contributed by atoms with van der Waals surface area (Å²) in [6, 6.07) is 17.7. The van der Waals surface area contributed by atoms with Crippen molar-refractivity contribution in [3.63, 3.8) is 0 Å². The van der Waals surface area contributed by atoms with Crippen LogP contribution in [0.5, 0.6) is 0 Å². The van der Waals surface area contributed by atoms with Crippen LogP contribution < -0.4 is 0 Å². The molecule has 0 amide bonds. The van der Waals surface area contributed by atoms with Crippen molar-refractivity contribution in [3.8, 4) is 28.7 Å². The number of hydrogen-bond acceptors (Lipinski definition) is 4. The van der Waals surface area contributed by atoms with Crippen LogP contribution in [0, 0.1) is 23.0 Å². The van der Waals surface area contributed by atoms with Crippen LogP contribution in [-0.2, 0) is 0 Å². The van der Waals surface area contributed by atoms with Gasteiger partial charge in [0.1, 0.15) is 34.2 Å². The van der Waals surface area contributed by atoms with Crippen LogP contribution in [-0.4, -0.2) is 4.98 Å². The van der Waals surface area contributed by atoms with E-state index in [1.165, 1.54) is 35.6 Å². The molecule has 0 aliphatic rings. The number of thiazole rings is 1. The van der Waals surface area contributed by atoms with Crippen LogP contribution in [0.3, 0.4) is 0 Å². The fourth-order valence-electron chi connectivity index (χ4n) is 2.66. The first-order valence-corrected chi connectivity index (χ1v) is 9.20. The second-order valence-corrected chi connectivity index (χ2v) is 6.79. The molecule has 0 unspecified atom stereocenters. The van der Waals surface area contributed by atoms with E-state index in [1.54, 1.807) is 42.5 Å². The van der Waals surface area contributed by atoms with Gasteiger partial charge in [-0.05, 0) is 48.5 Å². The first kappa shape index (κ1) is 17.8. The molecule has 0 aliphatic carbocycles. The van der Waals surface area contributed by atoms with Crippen LogP contribution >= 0.6 is 11.3 Å². The molecule has 4 rings (SSSR count). The van der Waals surface area contributed by atoms with Crippen LogP contribution in [0.25, 0.3) is 34.2 Å². The minimum absolute atomic E-state index is 0.316. The molecule has 0 radical (unpaired) electrons. The van der Waals surface area contributed by atoms with Gasteiger partial charge in [-0.2, -0.15) is 5.26 Å². The molecule has 0 bridgehead atoms. The van der Waals surface area contributed by atoms with E-state index in [4.69, 9.17) is 4.42 Å². The zero-order chi connectivity index (χ0) is 19.5. The summed E-state index contributed by atoms with van der Waals surface area (Å²) in [5, 5.41) is 11.9. The Morgan fingerprint density at radius 2 is 1.82 bits per heavy atom. The van der Waals surface area contributed by atoms with E-state index >= 15 is 0 Å². The summed E-state index contributed by atoms with van der Waals surface area (Å²) in [5.41, 5.74) is 2.40. The maximum absolute atomic E-state index is 13.4. The summed E-state index contributed by atoms with van der Waals surface area (Å²) in [5.74, 6) is 0.312. The van der Waals surface area contributed by atoms with E-state index < -0.39 is 0 Å². The standard InChI is InChI=1S/C22H12F2N2OS/c23-17-6-4-14(5-7-17)20-13-28-22(26-20)16(12-25)11-19-8-9-21(27-19)15-2-1-3-18(24)10-15/h1-11,13H/b16-11+. The number of nitriles is 1. The molecule has 136 valence electrons. The molecule has 0 N–H and O–H groups in total. The van der Waals surface area contributed by atoms with Gasteiger partial charge in [-0.25, -0.2) is 13.8 Å². The zero-order valence-corrected chi connectivity index (χ0v) is 15.2. The summed E-state index contributed by atoms with van der Waals surface area (Å²) < 4.78 is 32.2. The summed E-state index contributed by atoms with van der Waals surface area (Å²) in [4.78, 5) is 4.47. The average Bonchev–Trinajstić information content (AvgIpc) is 3.37. The minimum Gasteiger partial charge on any atom is -0.457 e. The number of benzene rings is 2. The van der Waals surface area contributed by atoms with Crippen molar-refractivity contribution in [1.29, 1.82) is 5.26 Å². The third kappa shape index (κ3) is 3.75. The van der Waals surface area contributed by atoms with Crippen molar-refractivity contribution in [2.75, 3.05) is 0 Å². The van der Waals surface area contributed by atoms with Gasteiger partial charge in [0.15, 0.2) is 0 Å². The molecule has 4 aromatic rings. The summed E-state index contributed by atoms with van der Waals surface area (Å²) in [6.07, 6.45) is 1.59. The van der Waals surface area contributed by atoms with E-state index in [2.05, 4.69) is 11.1 Å². The Labute approximate surface area is 163 Å². The van der Waals surface area contributed by atoms with Crippen molar-refractivity contribution >= 4 is 23.0 Å². The van der Waals surface area contributed by atoms with Crippen LogP contribution in [0.1, 0.15) is 10.8 Å². The molecular weight excluding hydrogens is 378 g/mol. The predicted molar refractivity (Wildman–Crippen MR) is 105 cm³/mol. The fourth-order valence-corrected chi connectivity index (χ4v) is 3.46. The Hall–Kier alpha value is -3.56. The highest BCUT2D eigenvalue weighted by atomic mass is 32.1.